The summed E-state index contributed by atoms with van der Waals surface area (Å²) < 4.78 is 7.20. The molecule has 2 aromatic heterocycles. The third-order valence-corrected chi connectivity index (χ3v) is 5.39. The molecule has 4 heterocycles. The van der Waals surface area contributed by atoms with Gasteiger partial charge >= 0.3 is 0 Å². The molecule has 0 radical (unpaired) electrons. The Morgan fingerprint density at radius 3 is 3.00 bits per heavy atom. The molecule has 0 amide bonds. The Morgan fingerprint density at radius 1 is 1.32 bits per heavy atom. The number of aliphatic hydroxyl groups excluding tert-OH is 1. The van der Waals surface area contributed by atoms with Crippen LogP contribution in [0.25, 0.3) is 22.3 Å². The highest BCUT2D eigenvalue weighted by Gasteiger charge is 2.33. The molecular weight excluding hydrogens is 316 g/mol. The van der Waals surface area contributed by atoms with Gasteiger partial charge in [0.2, 0.25) is 0 Å². The van der Waals surface area contributed by atoms with E-state index in [0.717, 1.165) is 39.8 Å². The van der Waals surface area contributed by atoms with Crippen LogP contribution in [0.1, 0.15) is 36.0 Å². The average Bonchev–Trinajstić information content (AvgIpc) is 2.98. The number of ether oxygens (including phenoxy) is 1. The first kappa shape index (κ1) is 14.8. The van der Waals surface area contributed by atoms with Crippen LogP contribution in [0.3, 0.4) is 0 Å². The minimum atomic E-state index is -0.856. The van der Waals surface area contributed by atoms with Crippen LogP contribution in [0.5, 0.6) is 0 Å². The highest BCUT2D eigenvalue weighted by atomic mass is 16.6. The minimum absolute atomic E-state index is 0.0279. The predicted molar refractivity (Wildman–Crippen MR) is 94.4 cm³/mol. The Morgan fingerprint density at radius 2 is 2.16 bits per heavy atom. The third-order valence-electron chi connectivity index (χ3n) is 5.39. The predicted octanol–water partition coefficient (Wildman–Crippen LogP) is 2.77. The zero-order valence-corrected chi connectivity index (χ0v) is 13.9. The Balaban J connectivity index is 1.77. The Labute approximate surface area is 144 Å². The lowest BCUT2D eigenvalue weighted by Gasteiger charge is -2.29. The molecular formula is C20H18N2O3. The molecule has 1 N–H and O–H groups in total. The zero-order valence-electron chi connectivity index (χ0n) is 13.9. The van der Waals surface area contributed by atoms with Crippen molar-refractivity contribution in [2.45, 2.75) is 38.7 Å². The first-order valence-electron chi connectivity index (χ1n) is 8.62. The van der Waals surface area contributed by atoms with Gasteiger partial charge in [0.1, 0.15) is 0 Å². The van der Waals surface area contributed by atoms with E-state index in [4.69, 9.17) is 9.72 Å². The van der Waals surface area contributed by atoms with Gasteiger partial charge in [-0.15, -0.1) is 0 Å². The topological polar surface area (TPSA) is 64.3 Å². The van der Waals surface area contributed by atoms with Crippen LogP contribution in [0.15, 0.2) is 41.2 Å². The van der Waals surface area contributed by atoms with E-state index in [0.29, 0.717) is 12.1 Å². The lowest BCUT2D eigenvalue weighted by molar-refractivity contribution is -0.134. The van der Waals surface area contributed by atoms with Crippen molar-refractivity contribution in [3.8, 4) is 11.4 Å². The van der Waals surface area contributed by atoms with Gasteiger partial charge in [-0.05, 0) is 30.2 Å². The second-order valence-electron chi connectivity index (χ2n) is 6.76. The molecule has 1 aromatic carbocycles. The molecule has 2 aliphatic heterocycles. The first-order chi connectivity index (χ1) is 12.2. The molecule has 25 heavy (non-hydrogen) atoms. The zero-order chi connectivity index (χ0) is 17.1. The molecule has 5 nitrogen and oxygen atoms in total. The second kappa shape index (κ2) is 5.25. The standard InChI is InChI=1S/C20H18N2O3/c1-2-13-14-8-17-18-12(7-11-5-3-4-6-16(11)21-18)9-22(17)19(23)15(14)10-25-20(13)24/h3-8,13,20,24H,2,9-10H2,1H3. The summed E-state index contributed by atoms with van der Waals surface area (Å²) in [6.45, 7) is 2.70. The van der Waals surface area contributed by atoms with Gasteiger partial charge in [0.25, 0.3) is 5.56 Å². The number of aliphatic hydroxyl groups is 1. The van der Waals surface area contributed by atoms with Crippen LogP contribution < -0.4 is 5.56 Å². The van der Waals surface area contributed by atoms with Crippen molar-refractivity contribution >= 4 is 10.9 Å². The van der Waals surface area contributed by atoms with Crippen LogP contribution in [-0.2, 0) is 17.9 Å². The molecule has 0 spiro atoms. The maximum absolute atomic E-state index is 13.0. The van der Waals surface area contributed by atoms with Gasteiger partial charge in [-0.3, -0.25) is 4.79 Å². The average molecular weight is 334 g/mol. The summed E-state index contributed by atoms with van der Waals surface area (Å²) in [5, 5.41) is 11.2. The molecule has 126 valence electrons. The molecule has 0 saturated carbocycles. The van der Waals surface area contributed by atoms with Crippen LogP contribution in [0, 0.1) is 0 Å². The first-order valence-corrected chi connectivity index (χ1v) is 8.62. The van der Waals surface area contributed by atoms with Crippen LogP contribution in [0.2, 0.25) is 0 Å². The lowest BCUT2D eigenvalue weighted by Crippen LogP contribution is -2.34. The van der Waals surface area contributed by atoms with Crippen LogP contribution >= 0.6 is 0 Å². The number of fused-ring (bicyclic) bond motifs is 5. The molecule has 5 rings (SSSR count). The van der Waals surface area contributed by atoms with Gasteiger partial charge in [-0.2, -0.15) is 0 Å². The quantitative estimate of drug-likeness (QED) is 0.581. The van der Waals surface area contributed by atoms with E-state index < -0.39 is 6.29 Å². The SMILES string of the molecule is CCC1c2cc3n(c(=O)c2COC1O)Cc1cc2ccccc2nc1-3. The summed E-state index contributed by atoms with van der Waals surface area (Å²) in [5.41, 5.74) is 5.24. The molecule has 0 aliphatic carbocycles. The van der Waals surface area contributed by atoms with Crippen LogP contribution in [-0.4, -0.2) is 20.9 Å². The maximum Gasteiger partial charge on any atom is 0.257 e. The van der Waals surface area contributed by atoms with Crippen molar-refractivity contribution in [2.75, 3.05) is 0 Å². The van der Waals surface area contributed by atoms with E-state index in [1.165, 1.54) is 0 Å². The highest BCUT2D eigenvalue weighted by molar-refractivity contribution is 5.84. The summed E-state index contributed by atoms with van der Waals surface area (Å²) in [4.78, 5) is 17.8. The van der Waals surface area contributed by atoms with Crippen molar-refractivity contribution in [1.82, 2.24) is 9.55 Å². The van der Waals surface area contributed by atoms with E-state index in [9.17, 15) is 9.90 Å². The van der Waals surface area contributed by atoms with E-state index in [2.05, 4.69) is 6.07 Å². The van der Waals surface area contributed by atoms with Gasteiger partial charge in [-0.25, -0.2) is 4.98 Å². The maximum atomic E-state index is 13.0. The van der Waals surface area contributed by atoms with Gasteiger partial charge < -0.3 is 14.4 Å². The smallest absolute Gasteiger partial charge is 0.257 e. The Bertz CT molecular complexity index is 1070. The number of nitrogens with zero attached hydrogens (tertiary/aromatic N) is 2. The fraction of sp³-hybridized carbons (Fsp3) is 0.300. The number of hydrogen-bond donors (Lipinski definition) is 1. The summed E-state index contributed by atoms with van der Waals surface area (Å²) in [6, 6.07) is 12.1. The van der Waals surface area contributed by atoms with Crippen LogP contribution in [0.4, 0.5) is 0 Å². The minimum Gasteiger partial charge on any atom is -0.367 e. The molecule has 0 saturated heterocycles. The highest BCUT2D eigenvalue weighted by Crippen LogP contribution is 2.37. The fourth-order valence-electron chi connectivity index (χ4n) is 4.07. The molecule has 2 atom stereocenters. The van der Waals surface area contributed by atoms with E-state index in [1.807, 2.05) is 37.3 Å². The van der Waals surface area contributed by atoms with Crippen molar-refractivity contribution < 1.29 is 9.84 Å². The van der Waals surface area contributed by atoms with E-state index >= 15 is 0 Å². The van der Waals surface area contributed by atoms with Gasteiger partial charge in [0.15, 0.2) is 6.29 Å². The molecule has 0 fully saturated rings. The van der Waals surface area contributed by atoms with Gasteiger partial charge in [0.05, 0.1) is 30.1 Å². The van der Waals surface area contributed by atoms with Crippen molar-refractivity contribution in [3.63, 3.8) is 0 Å². The summed E-state index contributed by atoms with van der Waals surface area (Å²) in [6.07, 6.45) is -0.139. The monoisotopic (exact) mass is 334 g/mol. The second-order valence-corrected chi connectivity index (χ2v) is 6.76. The molecule has 3 aromatic rings. The van der Waals surface area contributed by atoms with Crippen molar-refractivity contribution in [1.29, 1.82) is 0 Å². The number of aromatic nitrogens is 2. The van der Waals surface area contributed by atoms with E-state index in [1.54, 1.807) is 4.57 Å². The Kier molecular flexibility index (Phi) is 3.11. The number of hydrogen-bond acceptors (Lipinski definition) is 4. The van der Waals surface area contributed by atoms with Crippen molar-refractivity contribution in [2.24, 2.45) is 0 Å². The summed E-state index contributed by atoms with van der Waals surface area (Å²) >= 11 is 0. The van der Waals surface area contributed by atoms with E-state index in [-0.39, 0.29) is 18.1 Å². The molecule has 2 aliphatic rings. The van der Waals surface area contributed by atoms with Gasteiger partial charge in [0, 0.05) is 22.4 Å². The fourth-order valence-corrected chi connectivity index (χ4v) is 4.07. The summed E-state index contributed by atoms with van der Waals surface area (Å²) in [5.74, 6) is -0.174. The lowest BCUT2D eigenvalue weighted by atomic mass is 9.90. The number of benzene rings is 1. The largest absolute Gasteiger partial charge is 0.367 e. The molecule has 0 bridgehead atoms. The number of para-hydroxylation sites is 1. The molecule has 2 unspecified atom stereocenters. The van der Waals surface area contributed by atoms with Gasteiger partial charge in [-0.1, -0.05) is 25.1 Å². The summed E-state index contributed by atoms with van der Waals surface area (Å²) in [7, 11) is 0. The molecule has 5 heteroatoms. The Hall–Kier alpha value is -2.50. The van der Waals surface area contributed by atoms with Crippen molar-refractivity contribution in [3.05, 3.63) is 63.4 Å². The number of rotatable bonds is 1. The number of pyridine rings is 2. The normalized spacial score (nSPS) is 21.0. The third kappa shape index (κ3) is 2.03.